The molecule has 0 atom stereocenters. The molecule has 1 fully saturated rings. The lowest BCUT2D eigenvalue weighted by molar-refractivity contribution is 0.135. The lowest BCUT2D eigenvalue weighted by Gasteiger charge is -2.30. The van der Waals surface area contributed by atoms with Gasteiger partial charge in [0.1, 0.15) is 23.5 Å². The van der Waals surface area contributed by atoms with E-state index < -0.39 is 25.9 Å². The van der Waals surface area contributed by atoms with Crippen LogP contribution in [0.15, 0.2) is 47.5 Å². The van der Waals surface area contributed by atoms with Crippen LogP contribution in [0.3, 0.4) is 0 Å². The van der Waals surface area contributed by atoms with Crippen molar-refractivity contribution >= 4 is 25.9 Å². The topological polar surface area (TPSA) is 96.9 Å². The molecule has 1 aliphatic rings. The molecule has 0 saturated carbocycles. The highest BCUT2D eigenvalue weighted by Crippen LogP contribution is 2.26. The Morgan fingerprint density at radius 1 is 1.09 bits per heavy atom. The van der Waals surface area contributed by atoms with E-state index in [-0.39, 0.29) is 29.3 Å². The Kier molecular flexibility index (Phi) is 7.41. The summed E-state index contributed by atoms with van der Waals surface area (Å²) >= 11 is 0. The summed E-state index contributed by atoms with van der Waals surface area (Å²) in [7, 11) is -7.12. The lowest BCUT2D eigenvalue weighted by Crippen LogP contribution is -2.41. The van der Waals surface area contributed by atoms with Gasteiger partial charge in [-0.1, -0.05) is 13.8 Å². The van der Waals surface area contributed by atoms with E-state index in [1.54, 1.807) is 12.1 Å². The molecule has 1 aromatic heterocycles. The van der Waals surface area contributed by atoms with Crippen molar-refractivity contribution in [2.45, 2.75) is 37.7 Å². The van der Waals surface area contributed by atoms with Crippen molar-refractivity contribution in [2.75, 3.05) is 30.2 Å². The molecule has 11 heteroatoms. The first-order valence-corrected chi connectivity index (χ1v) is 13.6. The molecule has 2 heterocycles. The molecular formula is C21H28FN3O5S2. The third-order valence-corrected chi connectivity index (χ3v) is 8.17. The maximum absolute atomic E-state index is 13.3. The van der Waals surface area contributed by atoms with Crippen molar-refractivity contribution in [3.8, 4) is 5.75 Å². The monoisotopic (exact) mass is 485 g/mol. The summed E-state index contributed by atoms with van der Waals surface area (Å²) in [5.41, 5.74) is 0. The van der Waals surface area contributed by atoms with Gasteiger partial charge in [0.05, 0.1) is 17.3 Å². The predicted octanol–water partition coefficient (Wildman–Crippen LogP) is 2.87. The molecule has 0 radical (unpaired) electrons. The van der Waals surface area contributed by atoms with Gasteiger partial charge in [-0.15, -0.1) is 0 Å². The first kappa shape index (κ1) is 24.4. The van der Waals surface area contributed by atoms with E-state index in [2.05, 4.69) is 4.98 Å². The van der Waals surface area contributed by atoms with Crippen LogP contribution >= 0.6 is 0 Å². The quantitative estimate of drug-likeness (QED) is 0.570. The number of hydrogen-bond donors (Lipinski definition) is 0. The zero-order chi connectivity index (χ0) is 23.5. The summed E-state index contributed by atoms with van der Waals surface area (Å²) in [6.07, 6.45) is 3.16. The number of sulfonamides is 2. The van der Waals surface area contributed by atoms with E-state index in [1.807, 2.05) is 13.8 Å². The minimum atomic E-state index is -3.92. The van der Waals surface area contributed by atoms with Gasteiger partial charge in [-0.25, -0.2) is 34.8 Å². The summed E-state index contributed by atoms with van der Waals surface area (Å²) in [6.45, 7) is 4.75. The molecule has 1 aliphatic heterocycles. The first-order chi connectivity index (χ1) is 15.0. The van der Waals surface area contributed by atoms with E-state index >= 15 is 0 Å². The molecule has 1 saturated heterocycles. The van der Waals surface area contributed by atoms with E-state index in [0.717, 1.165) is 6.20 Å². The molecule has 1 aromatic carbocycles. The molecule has 0 bridgehead atoms. The lowest BCUT2D eigenvalue weighted by atomic mass is 10.1. The minimum Gasteiger partial charge on any atom is -0.490 e. The van der Waals surface area contributed by atoms with E-state index in [9.17, 15) is 21.2 Å². The van der Waals surface area contributed by atoms with Crippen LogP contribution in [-0.2, 0) is 20.0 Å². The number of halogens is 1. The van der Waals surface area contributed by atoms with Crippen molar-refractivity contribution in [1.29, 1.82) is 0 Å². The number of hydrogen-bond acceptors (Lipinski definition) is 6. The van der Waals surface area contributed by atoms with Crippen molar-refractivity contribution in [3.63, 3.8) is 0 Å². The Hall–Kier alpha value is -2.24. The highest BCUT2D eigenvalue weighted by molar-refractivity contribution is 7.92. The highest BCUT2D eigenvalue weighted by atomic mass is 32.2. The normalized spacial score (nSPS) is 16.3. The van der Waals surface area contributed by atoms with Crippen LogP contribution in [0, 0.1) is 11.7 Å². The molecule has 0 amide bonds. The maximum atomic E-state index is 13.3. The molecule has 0 aliphatic carbocycles. The van der Waals surface area contributed by atoms with E-state index in [1.165, 1.54) is 39.1 Å². The third kappa shape index (κ3) is 5.96. The van der Waals surface area contributed by atoms with Gasteiger partial charge >= 0.3 is 0 Å². The summed E-state index contributed by atoms with van der Waals surface area (Å²) in [5, 5.41) is 0. The van der Waals surface area contributed by atoms with Crippen LogP contribution in [0.4, 0.5) is 10.2 Å². The molecule has 2 aromatic rings. The number of benzene rings is 1. The third-order valence-electron chi connectivity index (χ3n) is 5.08. The van der Waals surface area contributed by atoms with Crippen molar-refractivity contribution in [3.05, 3.63) is 48.4 Å². The van der Waals surface area contributed by atoms with Crippen LogP contribution in [-0.4, -0.2) is 58.1 Å². The van der Waals surface area contributed by atoms with E-state index in [4.69, 9.17) is 4.74 Å². The van der Waals surface area contributed by atoms with Crippen molar-refractivity contribution in [1.82, 2.24) is 9.29 Å². The molecule has 0 N–H and O–H groups in total. The molecule has 176 valence electrons. The summed E-state index contributed by atoms with van der Waals surface area (Å²) in [4.78, 5) is 4.01. The van der Waals surface area contributed by atoms with Gasteiger partial charge in [0.15, 0.2) is 0 Å². The van der Waals surface area contributed by atoms with Gasteiger partial charge in [0.25, 0.3) is 10.0 Å². The Balaban J connectivity index is 1.74. The second-order valence-electron chi connectivity index (χ2n) is 8.22. The van der Waals surface area contributed by atoms with Crippen molar-refractivity contribution < 1.29 is 26.0 Å². The molecule has 32 heavy (non-hydrogen) atoms. The number of aromatic nitrogens is 1. The van der Waals surface area contributed by atoms with Gasteiger partial charge in [0, 0.05) is 19.6 Å². The fraction of sp³-hybridized carbons (Fsp3) is 0.476. The number of nitrogens with zero attached hydrogens (tertiary/aromatic N) is 3. The minimum absolute atomic E-state index is 0.0250. The van der Waals surface area contributed by atoms with Gasteiger partial charge < -0.3 is 4.74 Å². The maximum Gasteiger partial charge on any atom is 0.265 e. The number of anilines is 1. The van der Waals surface area contributed by atoms with E-state index in [0.29, 0.717) is 31.7 Å². The van der Waals surface area contributed by atoms with Crippen molar-refractivity contribution in [2.24, 2.45) is 5.92 Å². The van der Waals surface area contributed by atoms with Crippen LogP contribution < -0.4 is 9.04 Å². The Labute approximate surface area is 189 Å². The number of piperidine rings is 1. The first-order valence-electron chi connectivity index (χ1n) is 10.3. The second kappa shape index (κ2) is 9.72. The fourth-order valence-corrected chi connectivity index (χ4v) is 5.91. The van der Waals surface area contributed by atoms with Gasteiger partial charge in [0.2, 0.25) is 10.0 Å². The van der Waals surface area contributed by atoms with Crippen LogP contribution in [0.25, 0.3) is 0 Å². The zero-order valence-electron chi connectivity index (χ0n) is 18.3. The average Bonchev–Trinajstić information content (AvgIpc) is 2.73. The standard InChI is InChI=1S/C21H28FN3O5S2/c1-16(2)15-25(21-9-4-17(22)14-23-21)32(28,29)20-7-5-18(6-8-20)30-19-10-12-24(13-11-19)31(3,26)27/h4-9,14,16,19H,10-13,15H2,1-3H3. The smallest absolute Gasteiger partial charge is 0.265 e. The van der Waals surface area contributed by atoms with Crippen LogP contribution in [0.5, 0.6) is 5.75 Å². The zero-order valence-corrected chi connectivity index (χ0v) is 19.9. The molecule has 8 nitrogen and oxygen atoms in total. The van der Waals surface area contributed by atoms with Gasteiger partial charge in [-0.2, -0.15) is 0 Å². The predicted molar refractivity (Wildman–Crippen MR) is 120 cm³/mol. The van der Waals surface area contributed by atoms with Crippen LogP contribution in [0.2, 0.25) is 0 Å². The Morgan fingerprint density at radius 3 is 2.22 bits per heavy atom. The summed E-state index contributed by atoms with van der Waals surface area (Å²) in [6, 6.07) is 8.62. The average molecular weight is 486 g/mol. The largest absolute Gasteiger partial charge is 0.490 e. The molecule has 0 spiro atoms. The molecule has 0 unspecified atom stereocenters. The fourth-order valence-electron chi connectivity index (χ4n) is 3.45. The SMILES string of the molecule is CC(C)CN(c1ccc(F)cn1)S(=O)(=O)c1ccc(OC2CCN(S(C)(=O)=O)CC2)cc1. The van der Waals surface area contributed by atoms with Gasteiger partial charge in [-0.3, -0.25) is 0 Å². The highest BCUT2D eigenvalue weighted by Gasteiger charge is 2.28. The Morgan fingerprint density at radius 2 is 1.72 bits per heavy atom. The van der Waals surface area contributed by atoms with Gasteiger partial charge in [-0.05, 0) is 55.2 Å². The molecular weight excluding hydrogens is 457 g/mol. The molecule has 3 rings (SSSR count). The summed E-state index contributed by atoms with van der Waals surface area (Å²) in [5.74, 6) is 0.145. The second-order valence-corrected chi connectivity index (χ2v) is 12.1. The Bertz CT molecular complexity index is 1110. The van der Waals surface area contributed by atoms with Crippen LogP contribution in [0.1, 0.15) is 26.7 Å². The number of pyridine rings is 1. The number of rotatable bonds is 8. The number of ether oxygens (including phenoxy) is 1. The summed E-state index contributed by atoms with van der Waals surface area (Å²) < 4.78 is 71.6.